The highest BCUT2D eigenvalue weighted by atomic mass is 127. The molecule has 0 aromatic rings. The molecular weight excluding hydrogens is 357 g/mol. The number of nitrogens with zero attached hydrogens (tertiary/aromatic N) is 2. The average molecular weight is 385 g/mol. The molecule has 1 atom stereocenters. The Morgan fingerprint density at radius 2 is 2.16 bits per heavy atom. The summed E-state index contributed by atoms with van der Waals surface area (Å²) in [6.07, 6.45) is 2.58. The largest absolute Gasteiger partial charge is 0.382 e. The number of halogens is 1. The third-order valence-corrected chi connectivity index (χ3v) is 3.13. The molecular formula is C13H28IN3O2. The van der Waals surface area contributed by atoms with Crippen molar-refractivity contribution in [3.05, 3.63) is 0 Å². The van der Waals surface area contributed by atoms with E-state index in [0.29, 0.717) is 19.8 Å². The normalized spacial score (nSPS) is 20.1. The van der Waals surface area contributed by atoms with Gasteiger partial charge in [0, 0.05) is 33.8 Å². The van der Waals surface area contributed by atoms with Crippen LogP contribution in [-0.2, 0) is 9.47 Å². The molecule has 0 aromatic heterocycles. The molecule has 0 bridgehead atoms. The van der Waals surface area contributed by atoms with Gasteiger partial charge < -0.3 is 19.7 Å². The topological polar surface area (TPSA) is 46.1 Å². The fraction of sp³-hybridized carbons (Fsp3) is 0.923. The van der Waals surface area contributed by atoms with Crippen molar-refractivity contribution >= 4 is 29.9 Å². The second-order valence-electron chi connectivity index (χ2n) is 4.77. The third-order valence-electron chi connectivity index (χ3n) is 3.13. The van der Waals surface area contributed by atoms with Crippen molar-refractivity contribution < 1.29 is 9.47 Å². The van der Waals surface area contributed by atoms with Crippen LogP contribution in [0, 0.1) is 5.92 Å². The molecule has 6 heteroatoms. The van der Waals surface area contributed by atoms with Gasteiger partial charge in [-0.1, -0.05) is 6.92 Å². The molecule has 0 amide bonds. The fourth-order valence-corrected chi connectivity index (χ4v) is 2.19. The first-order valence-electron chi connectivity index (χ1n) is 6.80. The first-order chi connectivity index (χ1) is 8.77. The van der Waals surface area contributed by atoms with E-state index in [2.05, 4.69) is 22.1 Å². The predicted octanol–water partition coefficient (Wildman–Crippen LogP) is 1.57. The summed E-state index contributed by atoms with van der Waals surface area (Å²) < 4.78 is 10.3. The number of ether oxygens (including phenoxy) is 2. The van der Waals surface area contributed by atoms with Crippen molar-refractivity contribution in [1.29, 1.82) is 0 Å². The molecule has 19 heavy (non-hydrogen) atoms. The first kappa shape index (κ1) is 18.9. The van der Waals surface area contributed by atoms with Crippen LogP contribution in [0.15, 0.2) is 4.99 Å². The van der Waals surface area contributed by atoms with Gasteiger partial charge in [0.15, 0.2) is 5.96 Å². The van der Waals surface area contributed by atoms with Gasteiger partial charge in [-0.05, 0) is 18.8 Å². The monoisotopic (exact) mass is 385 g/mol. The molecule has 0 spiro atoms. The fourth-order valence-electron chi connectivity index (χ4n) is 2.19. The molecule has 1 heterocycles. The Hall–Kier alpha value is -0.0800. The van der Waals surface area contributed by atoms with Crippen LogP contribution in [0.2, 0.25) is 0 Å². The third kappa shape index (κ3) is 7.94. The lowest BCUT2D eigenvalue weighted by molar-refractivity contribution is 0.0730. The Morgan fingerprint density at radius 3 is 2.79 bits per heavy atom. The number of guanidine groups is 1. The lowest BCUT2D eigenvalue weighted by atomic mass is 10.0. The lowest BCUT2D eigenvalue weighted by Crippen LogP contribution is -2.47. The minimum Gasteiger partial charge on any atom is -0.382 e. The zero-order valence-corrected chi connectivity index (χ0v) is 14.7. The Morgan fingerprint density at radius 1 is 1.37 bits per heavy atom. The predicted molar refractivity (Wildman–Crippen MR) is 89.4 cm³/mol. The molecule has 1 rings (SSSR count). The van der Waals surface area contributed by atoms with Crippen LogP contribution in [0.1, 0.15) is 19.8 Å². The van der Waals surface area contributed by atoms with E-state index in [1.54, 1.807) is 7.11 Å². The highest BCUT2D eigenvalue weighted by Crippen LogP contribution is 2.15. The van der Waals surface area contributed by atoms with Crippen LogP contribution in [0.5, 0.6) is 0 Å². The second kappa shape index (κ2) is 11.7. The van der Waals surface area contributed by atoms with Crippen LogP contribution in [-0.4, -0.2) is 64.5 Å². The van der Waals surface area contributed by atoms with E-state index in [1.807, 2.05) is 7.05 Å². The number of likely N-dealkylation sites (tertiary alicyclic amines) is 1. The summed E-state index contributed by atoms with van der Waals surface area (Å²) in [6.45, 7) is 7.29. The zero-order valence-electron chi connectivity index (χ0n) is 12.4. The van der Waals surface area contributed by atoms with Gasteiger partial charge in [-0.3, -0.25) is 4.99 Å². The van der Waals surface area contributed by atoms with Crippen LogP contribution in [0.4, 0.5) is 0 Å². The lowest BCUT2D eigenvalue weighted by Gasteiger charge is -2.33. The summed E-state index contributed by atoms with van der Waals surface area (Å²) in [5.41, 5.74) is 0. The van der Waals surface area contributed by atoms with E-state index >= 15 is 0 Å². The van der Waals surface area contributed by atoms with Gasteiger partial charge in [0.25, 0.3) is 0 Å². The number of hydrogen-bond donors (Lipinski definition) is 1. The van der Waals surface area contributed by atoms with Crippen molar-refractivity contribution in [3.63, 3.8) is 0 Å². The van der Waals surface area contributed by atoms with Gasteiger partial charge in [0.1, 0.15) is 0 Å². The number of aliphatic imine (C=N–C) groups is 1. The van der Waals surface area contributed by atoms with Crippen molar-refractivity contribution in [2.45, 2.75) is 19.8 Å². The highest BCUT2D eigenvalue weighted by molar-refractivity contribution is 14.0. The summed E-state index contributed by atoms with van der Waals surface area (Å²) in [4.78, 5) is 6.67. The SMILES string of the molecule is CN=C(NCCOCCOC)N1CCCC(C)C1.I. The van der Waals surface area contributed by atoms with Crippen LogP contribution >= 0.6 is 24.0 Å². The molecule has 1 N–H and O–H groups in total. The number of nitrogens with one attached hydrogen (secondary N) is 1. The second-order valence-corrected chi connectivity index (χ2v) is 4.77. The van der Waals surface area contributed by atoms with E-state index in [9.17, 15) is 0 Å². The quantitative estimate of drug-likeness (QED) is 0.326. The number of rotatable bonds is 6. The van der Waals surface area contributed by atoms with Gasteiger partial charge in [-0.15, -0.1) is 24.0 Å². The minimum atomic E-state index is 0. The number of hydrogen-bond acceptors (Lipinski definition) is 3. The Labute approximate surface area is 134 Å². The van der Waals surface area contributed by atoms with Crippen LogP contribution in [0.3, 0.4) is 0 Å². The van der Waals surface area contributed by atoms with E-state index in [1.165, 1.54) is 12.8 Å². The summed E-state index contributed by atoms with van der Waals surface area (Å²) >= 11 is 0. The summed E-state index contributed by atoms with van der Waals surface area (Å²) in [6, 6.07) is 0. The first-order valence-corrected chi connectivity index (χ1v) is 6.80. The highest BCUT2D eigenvalue weighted by Gasteiger charge is 2.18. The molecule has 0 aromatic carbocycles. The molecule has 1 aliphatic rings. The molecule has 1 unspecified atom stereocenters. The Kier molecular flexibility index (Phi) is 11.7. The molecule has 1 aliphatic heterocycles. The van der Waals surface area contributed by atoms with Crippen molar-refractivity contribution in [1.82, 2.24) is 10.2 Å². The van der Waals surface area contributed by atoms with Crippen LogP contribution in [0.25, 0.3) is 0 Å². The summed E-state index contributed by atoms with van der Waals surface area (Å²) in [5, 5.41) is 3.35. The molecule has 0 saturated carbocycles. The maximum Gasteiger partial charge on any atom is 0.193 e. The number of piperidine rings is 1. The van der Waals surface area contributed by atoms with Crippen molar-refractivity contribution in [3.8, 4) is 0 Å². The van der Waals surface area contributed by atoms with Gasteiger partial charge in [0.05, 0.1) is 19.8 Å². The van der Waals surface area contributed by atoms with Gasteiger partial charge in [0.2, 0.25) is 0 Å². The zero-order chi connectivity index (χ0) is 13.2. The molecule has 1 fully saturated rings. The van der Waals surface area contributed by atoms with Crippen molar-refractivity contribution in [2.75, 3.05) is 53.6 Å². The molecule has 0 aliphatic carbocycles. The van der Waals surface area contributed by atoms with Gasteiger partial charge in [-0.2, -0.15) is 0 Å². The molecule has 5 nitrogen and oxygen atoms in total. The summed E-state index contributed by atoms with van der Waals surface area (Å²) in [7, 11) is 3.52. The van der Waals surface area contributed by atoms with E-state index in [0.717, 1.165) is 31.5 Å². The maximum absolute atomic E-state index is 5.42. The van der Waals surface area contributed by atoms with E-state index in [-0.39, 0.29) is 24.0 Å². The Bertz CT molecular complexity index is 252. The molecule has 114 valence electrons. The minimum absolute atomic E-state index is 0. The van der Waals surface area contributed by atoms with E-state index < -0.39 is 0 Å². The van der Waals surface area contributed by atoms with E-state index in [4.69, 9.17) is 9.47 Å². The standard InChI is InChI=1S/C13H27N3O2.HI/c1-12-5-4-7-16(11-12)13(14-2)15-6-8-18-10-9-17-3;/h12H,4-11H2,1-3H3,(H,14,15);1H. The molecule has 1 saturated heterocycles. The average Bonchev–Trinajstić information content (AvgIpc) is 2.38. The van der Waals surface area contributed by atoms with Gasteiger partial charge in [-0.25, -0.2) is 0 Å². The summed E-state index contributed by atoms with van der Waals surface area (Å²) in [5.74, 6) is 1.76. The van der Waals surface area contributed by atoms with Crippen LogP contribution < -0.4 is 5.32 Å². The number of methoxy groups -OCH3 is 1. The Balaban J connectivity index is 0.00000324. The molecule has 0 radical (unpaired) electrons. The smallest absolute Gasteiger partial charge is 0.193 e. The van der Waals surface area contributed by atoms with Crippen molar-refractivity contribution in [2.24, 2.45) is 10.9 Å². The maximum atomic E-state index is 5.42. The van der Waals surface area contributed by atoms with Gasteiger partial charge >= 0.3 is 0 Å².